The molecule has 8 heteroatoms. The molecular formula is C22H36O8. The molecule has 0 aromatic carbocycles. The molecule has 172 valence electrons. The van der Waals surface area contributed by atoms with Gasteiger partial charge in [-0.05, 0) is 52.0 Å². The second-order valence-corrected chi connectivity index (χ2v) is 6.61. The number of carbonyl (C=O) groups excluding carboxylic acids is 2. The van der Waals surface area contributed by atoms with Crippen LogP contribution in [0, 0.1) is 0 Å². The number of ether oxygens (including phenoxy) is 5. The summed E-state index contributed by atoms with van der Waals surface area (Å²) >= 11 is 0. The second kappa shape index (κ2) is 18.8. The van der Waals surface area contributed by atoms with Gasteiger partial charge in [-0.2, -0.15) is 0 Å². The van der Waals surface area contributed by atoms with Crippen LogP contribution >= 0.6 is 0 Å². The number of aliphatic hydroxyl groups is 1. The van der Waals surface area contributed by atoms with Crippen molar-refractivity contribution in [2.45, 2.75) is 52.2 Å². The van der Waals surface area contributed by atoms with Crippen molar-refractivity contribution in [2.75, 3.05) is 39.6 Å². The van der Waals surface area contributed by atoms with Gasteiger partial charge in [0.2, 0.25) is 0 Å². The quantitative estimate of drug-likeness (QED) is 0.358. The molecule has 0 bridgehead atoms. The highest BCUT2D eigenvalue weighted by atomic mass is 16.7. The van der Waals surface area contributed by atoms with Crippen LogP contribution in [0.3, 0.4) is 0 Å². The summed E-state index contributed by atoms with van der Waals surface area (Å²) in [5, 5.41) is 8.19. The molecule has 2 rings (SSSR count). The Labute approximate surface area is 179 Å². The zero-order valence-electron chi connectivity index (χ0n) is 18.2. The molecule has 2 aliphatic rings. The van der Waals surface area contributed by atoms with E-state index in [0.717, 1.165) is 32.5 Å². The van der Waals surface area contributed by atoms with Crippen LogP contribution in [0.15, 0.2) is 36.6 Å². The number of allylic oxidation sites excluding steroid dienone is 1. The van der Waals surface area contributed by atoms with Crippen LogP contribution in [0.4, 0.5) is 0 Å². The topological polar surface area (TPSA) is 101 Å². The maximum absolute atomic E-state index is 11.0. The number of hydrogen-bond acceptors (Lipinski definition) is 8. The minimum atomic E-state index is -0.455. The Morgan fingerprint density at radius 2 is 1.67 bits per heavy atom. The molecule has 1 unspecified atom stereocenters. The van der Waals surface area contributed by atoms with E-state index >= 15 is 0 Å². The van der Waals surface area contributed by atoms with Crippen LogP contribution < -0.4 is 0 Å². The Bertz CT molecular complexity index is 527. The van der Waals surface area contributed by atoms with E-state index in [1.54, 1.807) is 20.1 Å². The van der Waals surface area contributed by atoms with Crippen LogP contribution in [-0.2, 0) is 33.3 Å². The van der Waals surface area contributed by atoms with Crippen molar-refractivity contribution in [3.63, 3.8) is 0 Å². The van der Waals surface area contributed by atoms with Gasteiger partial charge in [-0.25, -0.2) is 9.59 Å². The number of carbonyl (C=O) groups is 2. The summed E-state index contributed by atoms with van der Waals surface area (Å²) in [4.78, 5) is 21.5. The normalized spacial score (nSPS) is 17.1. The van der Waals surface area contributed by atoms with Gasteiger partial charge < -0.3 is 28.8 Å². The molecule has 0 aromatic rings. The Hall–Kier alpha value is -2.16. The highest BCUT2D eigenvalue weighted by molar-refractivity contribution is 5.87. The molecule has 0 aliphatic carbocycles. The SMILES string of the molecule is C1=COCCC1.C=C(C)C(=O)OCCO.C=C(C)C(=O)OCCOC1CCCCO1. The van der Waals surface area contributed by atoms with Gasteiger partial charge in [-0.15, -0.1) is 0 Å². The molecule has 1 N–H and O–H groups in total. The lowest BCUT2D eigenvalue weighted by Gasteiger charge is -2.22. The molecule has 8 nitrogen and oxygen atoms in total. The van der Waals surface area contributed by atoms with Gasteiger partial charge in [-0.1, -0.05) is 13.2 Å². The summed E-state index contributed by atoms with van der Waals surface area (Å²) in [5.74, 6) is -0.827. The van der Waals surface area contributed by atoms with Gasteiger partial charge >= 0.3 is 11.9 Å². The van der Waals surface area contributed by atoms with E-state index in [-0.39, 0.29) is 32.1 Å². The molecule has 1 saturated heterocycles. The summed E-state index contributed by atoms with van der Waals surface area (Å²) in [5.41, 5.74) is 0.757. The van der Waals surface area contributed by atoms with E-state index in [1.165, 1.54) is 12.8 Å². The monoisotopic (exact) mass is 428 g/mol. The van der Waals surface area contributed by atoms with E-state index in [4.69, 9.17) is 24.1 Å². The van der Waals surface area contributed by atoms with Gasteiger partial charge in [0.05, 0.1) is 26.1 Å². The molecule has 0 amide bonds. The fourth-order valence-corrected chi connectivity index (χ4v) is 2.03. The fourth-order valence-electron chi connectivity index (χ4n) is 2.03. The highest BCUT2D eigenvalue weighted by Crippen LogP contribution is 2.13. The van der Waals surface area contributed by atoms with Crippen LogP contribution in [0.5, 0.6) is 0 Å². The first kappa shape index (κ1) is 27.8. The van der Waals surface area contributed by atoms with Crippen molar-refractivity contribution in [3.8, 4) is 0 Å². The third kappa shape index (κ3) is 16.8. The highest BCUT2D eigenvalue weighted by Gasteiger charge is 2.13. The van der Waals surface area contributed by atoms with Gasteiger partial charge in [0, 0.05) is 17.8 Å². The molecule has 0 aromatic heterocycles. The predicted octanol–water partition coefficient (Wildman–Crippen LogP) is 3.06. The average Bonchev–Trinajstić information content (AvgIpc) is 2.77. The Balaban J connectivity index is 0.000000473. The second-order valence-electron chi connectivity index (χ2n) is 6.61. The van der Waals surface area contributed by atoms with Crippen LogP contribution in [0.25, 0.3) is 0 Å². The summed E-state index contributed by atoms with van der Waals surface area (Å²) < 4.78 is 25.0. The minimum absolute atomic E-state index is 0.0473. The Morgan fingerprint density at radius 1 is 1.00 bits per heavy atom. The zero-order valence-corrected chi connectivity index (χ0v) is 18.2. The standard InChI is InChI=1S/C11H18O4.C6H10O3.C5H8O/c1-9(2)11(12)15-8-7-14-10-5-3-4-6-13-10;1-5(2)6(8)9-4-3-7;1-2-4-6-5-3-1/h10H,1,3-8H2,2H3;7H,1,3-4H2,2H3;2,4H,1,3,5H2. The molecule has 2 aliphatic heterocycles. The van der Waals surface area contributed by atoms with E-state index < -0.39 is 5.97 Å². The van der Waals surface area contributed by atoms with Crippen LogP contribution in [-0.4, -0.2) is 63.0 Å². The Kier molecular flexibility index (Phi) is 17.5. The molecule has 1 atom stereocenters. The maximum Gasteiger partial charge on any atom is 0.333 e. The first-order valence-corrected chi connectivity index (χ1v) is 10.1. The molecular weight excluding hydrogens is 392 g/mol. The largest absolute Gasteiger partial charge is 0.502 e. The molecule has 0 spiro atoms. The summed E-state index contributed by atoms with van der Waals surface area (Å²) in [6.07, 6.45) is 9.24. The van der Waals surface area contributed by atoms with Crippen molar-refractivity contribution in [1.82, 2.24) is 0 Å². The minimum Gasteiger partial charge on any atom is -0.502 e. The van der Waals surface area contributed by atoms with Crippen molar-refractivity contribution >= 4 is 11.9 Å². The number of aliphatic hydroxyl groups excluding tert-OH is 1. The van der Waals surface area contributed by atoms with Crippen molar-refractivity contribution in [3.05, 3.63) is 36.6 Å². The van der Waals surface area contributed by atoms with E-state index in [0.29, 0.717) is 17.8 Å². The third-order valence-electron chi connectivity index (χ3n) is 3.60. The molecule has 2 heterocycles. The summed E-state index contributed by atoms with van der Waals surface area (Å²) in [7, 11) is 0. The first-order chi connectivity index (χ1) is 14.4. The van der Waals surface area contributed by atoms with Crippen molar-refractivity contribution in [1.29, 1.82) is 0 Å². The van der Waals surface area contributed by atoms with E-state index in [2.05, 4.69) is 17.9 Å². The van der Waals surface area contributed by atoms with Crippen molar-refractivity contribution < 1.29 is 38.4 Å². The fraction of sp³-hybridized carbons (Fsp3) is 0.636. The lowest BCUT2D eigenvalue weighted by atomic mass is 10.2. The molecule has 0 radical (unpaired) electrons. The molecule has 0 saturated carbocycles. The third-order valence-corrected chi connectivity index (χ3v) is 3.60. The van der Waals surface area contributed by atoms with Gasteiger partial charge in [-0.3, -0.25) is 0 Å². The lowest BCUT2D eigenvalue weighted by Crippen LogP contribution is -2.24. The van der Waals surface area contributed by atoms with Gasteiger partial charge in [0.1, 0.15) is 13.2 Å². The van der Waals surface area contributed by atoms with E-state index in [1.807, 2.05) is 6.08 Å². The zero-order chi connectivity index (χ0) is 22.6. The Morgan fingerprint density at radius 3 is 2.07 bits per heavy atom. The maximum atomic E-state index is 11.0. The van der Waals surface area contributed by atoms with Crippen LogP contribution in [0.2, 0.25) is 0 Å². The molecule has 30 heavy (non-hydrogen) atoms. The number of hydrogen-bond donors (Lipinski definition) is 1. The number of rotatable bonds is 8. The van der Waals surface area contributed by atoms with Gasteiger partial charge in [0.15, 0.2) is 6.29 Å². The number of esters is 2. The smallest absolute Gasteiger partial charge is 0.333 e. The average molecular weight is 429 g/mol. The molecule has 1 fully saturated rings. The summed E-state index contributed by atoms with van der Waals surface area (Å²) in [6, 6.07) is 0. The van der Waals surface area contributed by atoms with Crippen molar-refractivity contribution in [2.24, 2.45) is 0 Å². The first-order valence-electron chi connectivity index (χ1n) is 10.1. The summed E-state index contributed by atoms with van der Waals surface area (Å²) in [6.45, 7) is 12.2. The van der Waals surface area contributed by atoms with Crippen LogP contribution in [0.1, 0.15) is 46.0 Å². The van der Waals surface area contributed by atoms with Gasteiger partial charge in [0.25, 0.3) is 0 Å². The van der Waals surface area contributed by atoms with E-state index in [9.17, 15) is 9.59 Å². The lowest BCUT2D eigenvalue weighted by molar-refractivity contribution is -0.172. The predicted molar refractivity (Wildman–Crippen MR) is 113 cm³/mol.